The van der Waals surface area contributed by atoms with E-state index in [0.29, 0.717) is 12.8 Å². The van der Waals surface area contributed by atoms with Gasteiger partial charge in [0.2, 0.25) is 5.91 Å². The summed E-state index contributed by atoms with van der Waals surface area (Å²) in [7, 11) is 3.97. The van der Waals surface area contributed by atoms with Gasteiger partial charge in [-0.1, -0.05) is 12.1 Å². The van der Waals surface area contributed by atoms with Crippen LogP contribution >= 0.6 is 0 Å². The summed E-state index contributed by atoms with van der Waals surface area (Å²) in [6.07, 6.45) is 5.63. The number of benzene rings is 1. The van der Waals surface area contributed by atoms with Crippen molar-refractivity contribution in [2.24, 2.45) is 7.05 Å². The zero-order valence-corrected chi connectivity index (χ0v) is 15.5. The molecular weight excluding hydrogens is 331 g/mol. The fraction of sp³-hybridized carbons (Fsp3) is 0.500. The van der Waals surface area contributed by atoms with Gasteiger partial charge in [-0.15, -0.1) is 0 Å². The number of nitrogens with zero attached hydrogens (tertiary/aromatic N) is 3. The monoisotopic (exact) mass is 358 g/mol. The first-order valence-corrected chi connectivity index (χ1v) is 9.24. The average molecular weight is 358 g/mol. The first-order valence-electron chi connectivity index (χ1n) is 9.24. The SMILES string of the molecule is CN1CCC[C@H](NC(=O)CCc2ccnn2C)[C@@H]1Cc1cccc(F)c1. The molecule has 1 fully saturated rings. The van der Waals surface area contributed by atoms with E-state index >= 15 is 0 Å². The van der Waals surface area contributed by atoms with E-state index in [1.54, 1.807) is 23.0 Å². The van der Waals surface area contributed by atoms with Crippen LogP contribution in [-0.4, -0.2) is 46.3 Å². The van der Waals surface area contributed by atoms with Gasteiger partial charge in [0.05, 0.1) is 0 Å². The first kappa shape index (κ1) is 18.6. The normalized spacial score (nSPS) is 20.9. The minimum atomic E-state index is -0.210. The molecule has 0 saturated carbocycles. The van der Waals surface area contributed by atoms with Gasteiger partial charge in [-0.2, -0.15) is 5.10 Å². The molecular formula is C20H27FN4O. The predicted molar refractivity (Wildman–Crippen MR) is 99.2 cm³/mol. The summed E-state index contributed by atoms with van der Waals surface area (Å²) in [5.74, 6) is -0.145. The summed E-state index contributed by atoms with van der Waals surface area (Å²) in [4.78, 5) is 14.7. The van der Waals surface area contributed by atoms with Gasteiger partial charge in [-0.05, 0) is 63.0 Å². The van der Waals surface area contributed by atoms with Crippen molar-refractivity contribution in [2.45, 2.75) is 44.2 Å². The average Bonchev–Trinajstić information content (AvgIpc) is 3.01. The third-order valence-corrected chi connectivity index (χ3v) is 5.27. The zero-order valence-electron chi connectivity index (χ0n) is 15.5. The minimum Gasteiger partial charge on any atom is -0.352 e. The van der Waals surface area contributed by atoms with Gasteiger partial charge in [0.15, 0.2) is 0 Å². The van der Waals surface area contributed by atoms with Crippen molar-refractivity contribution in [3.63, 3.8) is 0 Å². The number of nitrogens with one attached hydrogen (secondary N) is 1. The number of hydrogen-bond acceptors (Lipinski definition) is 3. The Hall–Kier alpha value is -2.21. The van der Waals surface area contributed by atoms with Crippen LogP contribution in [0.1, 0.15) is 30.5 Å². The molecule has 1 amide bonds. The Morgan fingerprint density at radius 3 is 2.92 bits per heavy atom. The van der Waals surface area contributed by atoms with E-state index in [9.17, 15) is 9.18 Å². The number of hydrogen-bond donors (Lipinski definition) is 1. The van der Waals surface area contributed by atoms with Crippen LogP contribution in [0.3, 0.4) is 0 Å². The van der Waals surface area contributed by atoms with Crippen molar-refractivity contribution in [2.75, 3.05) is 13.6 Å². The lowest BCUT2D eigenvalue weighted by molar-refractivity contribution is -0.122. The van der Waals surface area contributed by atoms with E-state index in [2.05, 4.69) is 22.4 Å². The molecule has 1 aliphatic rings. The molecule has 0 aliphatic carbocycles. The lowest BCUT2D eigenvalue weighted by Gasteiger charge is -2.39. The molecule has 0 radical (unpaired) electrons. The van der Waals surface area contributed by atoms with Crippen LogP contribution in [0.2, 0.25) is 0 Å². The number of likely N-dealkylation sites (N-methyl/N-ethyl adjacent to an activating group) is 1. The maximum absolute atomic E-state index is 13.5. The molecule has 1 saturated heterocycles. The number of carbonyl (C=O) groups is 1. The second-order valence-electron chi connectivity index (χ2n) is 7.14. The van der Waals surface area contributed by atoms with E-state index in [-0.39, 0.29) is 23.8 Å². The van der Waals surface area contributed by atoms with Gasteiger partial charge in [-0.3, -0.25) is 9.48 Å². The second-order valence-corrected chi connectivity index (χ2v) is 7.14. The van der Waals surface area contributed by atoms with Crippen molar-refractivity contribution in [1.29, 1.82) is 0 Å². The molecule has 1 N–H and O–H groups in total. The van der Waals surface area contributed by atoms with Crippen molar-refractivity contribution < 1.29 is 9.18 Å². The molecule has 5 nitrogen and oxygen atoms in total. The van der Waals surface area contributed by atoms with Gasteiger partial charge in [0, 0.05) is 37.4 Å². The third-order valence-electron chi connectivity index (χ3n) is 5.27. The van der Waals surface area contributed by atoms with Gasteiger partial charge in [0.25, 0.3) is 0 Å². The van der Waals surface area contributed by atoms with Crippen LogP contribution in [0.15, 0.2) is 36.5 Å². The minimum absolute atomic E-state index is 0.0655. The van der Waals surface area contributed by atoms with Crippen LogP contribution in [0.4, 0.5) is 4.39 Å². The number of likely N-dealkylation sites (tertiary alicyclic amines) is 1. The van der Waals surface area contributed by atoms with Gasteiger partial charge in [0.1, 0.15) is 5.82 Å². The third kappa shape index (κ3) is 4.69. The summed E-state index contributed by atoms with van der Waals surface area (Å²) >= 11 is 0. The Bertz CT molecular complexity index is 745. The molecule has 2 aromatic rings. The number of amides is 1. The Morgan fingerprint density at radius 1 is 1.35 bits per heavy atom. The number of halogens is 1. The first-order chi connectivity index (χ1) is 12.5. The fourth-order valence-electron chi connectivity index (χ4n) is 3.76. The van der Waals surface area contributed by atoms with E-state index in [1.807, 2.05) is 19.2 Å². The zero-order chi connectivity index (χ0) is 18.5. The highest BCUT2D eigenvalue weighted by Crippen LogP contribution is 2.21. The van der Waals surface area contributed by atoms with Crippen LogP contribution in [0, 0.1) is 5.82 Å². The van der Waals surface area contributed by atoms with E-state index in [0.717, 1.165) is 37.1 Å². The summed E-state index contributed by atoms with van der Waals surface area (Å²) in [6, 6.07) is 8.97. The van der Waals surface area contributed by atoms with Crippen LogP contribution in [-0.2, 0) is 24.7 Å². The molecule has 0 unspecified atom stereocenters. The Labute approximate surface area is 154 Å². The second kappa shape index (κ2) is 8.45. The maximum atomic E-state index is 13.5. The molecule has 1 aromatic carbocycles. The molecule has 2 heterocycles. The highest BCUT2D eigenvalue weighted by molar-refractivity contribution is 5.76. The predicted octanol–water partition coefficient (Wildman–Crippen LogP) is 2.31. The largest absolute Gasteiger partial charge is 0.352 e. The van der Waals surface area contributed by atoms with Gasteiger partial charge in [-0.25, -0.2) is 4.39 Å². The van der Waals surface area contributed by atoms with Crippen molar-refractivity contribution >= 4 is 5.91 Å². The quantitative estimate of drug-likeness (QED) is 0.862. The molecule has 0 bridgehead atoms. The van der Waals surface area contributed by atoms with Crippen molar-refractivity contribution in [3.05, 3.63) is 53.6 Å². The maximum Gasteiger partial charge on any atom is 0.220 e. The Morgan fingerprint density at radius 2 is 2.19 bits per heavy atom. The summed E-state index contributed by atoms with van der Waals surface area (Å²) in [5, 5.41) is 7.35. The number of piperidine rings is 1. The van der Waals surface area contributed by atoms with Gasteiger partial charge < -0.3 is 10.2 Å². The van der Waals surface area contributed by atoms with Crippen LogP contribution in [0.5, 0.6) is 0 Å². The lowest BCUT2D eigenvalue weighted by atomic mass is 9.91. The molecule has 6 heteroatoms. The molecule has 1 aliphatic heterocycles. The van der Waals surface area contributed by atoms with Crippen molar-refractivity contribution in [1.82, 2.24) is 20.0 Å². The van der Waals surface area contributed by atoms with Crippen molar-refractivity contribution in [3.8, 4) is 0 Å². The summed E-state index contributed by atoms with van der Waals surface area (Å²) < 4.78 is 15.3. The number of carbonyl (C=O) groups excluding carboxylic acids is 1. The topological polar surface area (TPSA) is 50.2 Å². The van der Waals surface area contributed by atoms with E-state index < -0.39 is 0 Å². The number of aryl methyl sites for hydroxylation is 2. The van der Waals surface area contributed by atoms with Gasteiger partial charge >= 0.3 is 0 Å². The Kier molecular flexibility index (Phi) is 6.04. The van der Waals surface area contributed by atoms with Crippen LogP contribution in [0.25, 0.3) is 0 Å². The molecule has 0 spiro atoms. The summed E-state index contributed by atoms with van der Waals surface area (Å²) in [5.41, 5.74) is 2.02. The van der Waals surface area contributed by atoms with E-state index in [4.69, 9.17) is 0 Å². The van der Waals surface area contributed by atoms with Crippen LogP contribution < -0.4 is 5.32 Å². The summed E-state index contributed by atoms with van der Waals surface area (Å²) in [6.45, 7) is 1.00. The standard InChI is InChI=1S/C20H27FN4O/c1-24-12-4-7-18(19(24)14-15-5-3-6-16(21)13-15)23-20(26)9-8-17-10-11-22-25(17)2/h3,5-6,10-11,13,18-19H,4,7-9,12,14H2,1-2H3,(H,23,26)/t18-,19-/m0/s1. The molecule has 3 rings (SSSR count). The fourth-order valence-corrected chi connectivity index (χ4v) is 3.76. The molecule has 2 atom stereocenters. The highest BCUT2D eigenvalue weighted by Gasteiger charge is 2.30. The molecule has 26 heavy (non-hydrogen) atoms. The lowest BCUT2D eigenvalue weighted by Crippen LogP contribution is -2.55. The molecule has 1 aromatic heterocycles. The smallest absolute Gasteiger partial charge is 0.220 e. The number of aromatic nitrogens is 2. The number of rotatable bonds is 6. The highest BCUT2D eigenvalue weighted by atomic mass is 19.1. The molecule has 140 valence electrons. The van der Waals surface area contributed by atoms with E-state index in [1.165, 1.54) is 6.07 Å². The Balaban J connectivity index is 1.60.